The number of aromatic amines is 1. The third kappa shape index (κ3) is 6.23. The van der Waals surface area contributed by atoms with Crippen LogP contribution in [0, 0.1) is 0 Å². The molecule has 0 saturated heterocycles. The van der Waals surface area contributed by atoms with Gasteiger partial charge in [0.2, 0.25) is 5.95 Å². The minimum absolute atomic E-state index is 0.000776. The zero-order chi connectivity index (χ0) is 24.0. The molecule has 6 N–H and O–H groups in total. The molecule has 0 unspecified atom stereocenters. The number of hydrogen-bond donors (Lipinski definition) is 5. The fourth-order valence-corrected chi connectivity index (χ4v) is 3.04. The number of fused-ring (bicyclic) bond motifs is 1. The van der Waals surface area contributed by atoms with E-state index < -0.39 is 23.9 Å². The van der Waals surface area contributed by atoms with E-state index in [0.717, 1.165) is 5.56 Å². The third-order valence-electron chi connectivity index (χ3n) is 4.73. The Morgan fingerprint density at radius 1 is 1.18 bits per heavy atom. The van der Waals surface area contributed by atoms with Gasteiger partial charge in [-0.1, -0.05) is 24.3 Å². The van der Waals surface area contributed by atoms with E-state index >= 15 is 0 Å². The van der Waals surface area contributed by atoms with E-state index in [0.29, 0.717) is 17.4 Å². The number of allylic oxidation sites excluding steroid dienone is 1. The first-order valence-electron chi connectivity index (χ1n) is 9.89. The summed E-state index contributed by atoms with van der Waals surface area (Å²) in [7, 11) is 0. The largest absolute Gasteiger partial charge is 0.481 e. The molecule has 0 saturated carbocycles. The summed E-state index contributed by atoms with van der Waals surface area (Å²) in [4.78, 5) is 56.7. The predicted octanol–water partition coefficient (Wildman–Crippen LogP) is 1.20. The number of nitrogen functional groups attached to an aromatic ring is 1. The number of carbonyl (C=O) groups is 3. The Balaban J connectivity index is 1.62. The lowest BCUT2D eigenvalue weighted by Gasteiger charge is -2.13. The number of pyridine rings is 1. The van der Waals surface area contributed by atoms with Crippen molar-refractivity contribution in [2.75, 3.05) is 5.73 Å². The Kier molecular flexibility index (Phi) is 7.13. The molecular weight excluding hydrogens is 430 g/mol. The van der Waals surface area contributed by atoms with Gasteiger partial charge in [0.25, 0.3) is 11.5 Å². The van der Waals surface area contributed by atoms with Crippen molar-refractivity contribution >= 4 is 40.9 Å². The highest BCUT2D eigenvalue weighted by molar-refractivity contribution is 5.96. The highest BCUT2D eigenvalue weighted by atomic mass is 16.4. The highest BCUT2D eigenvalue weighted by Crippen LogP contribution is 2.11. The summed E-state index contributed by atoms with van der Waals surface area (Å²) < 4.78 is 0. The number of nitrogens with two attached hydrogens (primary N) is 1. The number of rotatable bonds is 9. The van der Waals surface area contributed by atoms with Crippen molar-refractivity contribution in [3.05, 3.63) is 69.6 Å². The summed E-state index contributed by atoms with van der Waals surface area (Å²) in [5.74, 6) is -3.04. The number of carbonyl (C=O) groups excluding carboxylic acids is 1. The summed E-state index contributed by atoms with van der Waals surface area (Å²) in [6.07, 6.45) is 5.19. The second-order valence-electron chi connectivity index (χ2n) is 7.19. The van der Waals surface area contributed by atoms with Gasteiger partial charge in [-0.25, -0.2) is 9.78 Å². The Morgan fingerprint density at radius 3 is 2.58 bits per heavy atom. The molecule has 3 rings (SSSR count). The SMILES string of the molecule is Nc1nc2ncc(C=CCc3ccc(C(=O)N[C@@H](CCC(=O)O)C(=O)O)cc3)cc2c(=O)[nH]1. The van der Waals surface area contributed by atoms with Gasteiger partial charge in [0, 0.05) is 18.2 Å². The number of anilines is 1. The Bertz CT molecular complexity index is 1280. The number of amides is 1. The molecule has 11 heteroatoms. The van der Waals surface area contributed by atoms with Gasteiger partial charge in [0.05, 0.1) is 5.39 Å². The quantitative estimate of drug-likeness (QED) is 0.318. The van der Waals surface area contributed by atoms with E-state index in [1.54, 1.807) is 42.6 Å². The topological polar surface area (TPSA) is 188 Å². The summed E-state index contributed by atoms with van der Waals surface area (Å²) in [6, 6.07) is 6.93. The van der Waals surface area contributed by atoms with Crippen molar-refractivity contribution in [2.45, 2.75) is 25.3 Å². The molecule has 2 aromatic heterocycles. The molecule has 0 bridgehead atoms. The van der Waals surface area contributed by atoms with Gasteiger partial charge in [0.15, 0.2) is 5.65 Å². The Morgan fingerprint density at radius 2 is 1.91 bits per heavy atom. The molecule has 0 radical (unpaired) electrons. The lowest BCUT2D eigenvalue weighted by Crippen LogP contribution is -2.41. The predicted molar refractivity (Wildman–Crippen MR) is 120 cm³/mol. The average molecular weight is 451 g/mol. The summed E-state index contributed by atoms with van der Waals surface area (Å²) in [5, 5.41) is 20.5. The minimum Gasteiger partial charge on any atom is -0.481 e. The van der Waals surface area contributed by atoms with Crippen LogP contribution >= 0.6 is 0 Å². The summed E-state index contributed by atoms with van der Waals surface area (Å²) in [5.41, 5.74) is 7.25. The molecule has 3 aromatic rings. The van der Waals surface area contributed by atoms with Crippen LogP contribution in [-0.4, -0.2) is 49.1 Å². The maximum Gasteiger partial charge on any atom is 0.326 e. The van der Waals surface area contributed by atoms with Gasteiger partial charge in [0.1, 0.15) is 6.04 Å². The van der Waals surface area contributed by atoms with Crippen molar-refractivity contribution in [2.24, 2.45) is 0 Å². The van der Waals surface area contributed by atoms with E-state index in [-0.39, 0.29) is 35.6 Å². The first-order valence-corrected chi connectivity index (χ1v) is 9.89. The molecular formula is C22H21N5O6. The number of aliphatic carboxylic acids is 2. The van der Waals surface area contributed by atoms with Crippen molar-refractivity contribution in [3.8, 4) is 0 Å². The number of aromatic nitrogens is 3. The van der Waals surface area contributed by atoms with Gasteiger partial charge in [-0.05, 0) is 42.2 Å². The van der Waals surface area contributed by atoms with Gasteiger partial charge >= 0.3 is 11.9 Å². The van der Waals surface area contributed by atoms with Crippen LogP contribution in [-0.2, 0) is 16.0 Å². The van der Waals surface area contributed by atoms with Crippen molar-refractivity contribution < 1.29 is 24.6 Å². The molecule has 0 aliphatic heterocycles. The molecule has 0 aliphatic rings. The van der Waals surface area contributed by atoms with Crippen LogP contribution in [0.15, 0.2) is 47.4 Å². The van der Waals surface area contributed by atoms with E-state index in [4.69, 9.17) is 15.9 Å². The summed E-state index contributed by atoms with van der Waals surface area (Å²) in [6.45, 7) is 0. The lowest BCUT2D eigenvalue weighted by molar-refractivity contribution is -0.140. The maximum absolute atomic E-state index is 12.3. The van der Waals surface area contributed by atoms with E-state index in [1.807, 2.05) is 6.08 Å². The lowest BCUT2D eigenvalue weighted by atomic mass is 10.1. The van der Waals surface area contributed by atoms with E-state index in [2.05, 4.69) is 20.3 Å². The number of H-pyrrole nitrogens is 1. The number of nitrogens with one attached hydrogen (secondary N) is 2. The molecule has 1 atom stereocenters. The maximum atomic E-state index is 12.3. The van der Waals surface area contributed by atoms with Crippen LogP contribution in [0.2, 0.25) is 0 Å². The zero-order valence-corrected chi connectivity index (χ0v) is 17.3. The fourth-order valence-electron chi connectivity index (χ4n) is 3.04. The van der Waals surface area contributed by atoms with E-state index in [9.17, 15) is 19.2 Å². The second kappa shape index (κ2) is 10.2. The smallest absolute Gasteiger partial charge is 0.326 e. The number of hydrogen-bond acceptors (Lipinski definition) is 7. The standard InChI is InChI=1S/C22H21N5O6/c23-22-26-18-15(20(31)27-22)10-13(11-24-18)3-1-2-12-4-6-14(7-5-12)19(30)25-16(21(32)33)8-9-17(28)29/h1,3-7,10-11,16H,2,8-9H2,(H,25,30)(H,28,29)(H,32,33)(H3,23,24,26,27,31)/t16-/m0/s1. The Labute approximate surface area is 187 Å². The molecule has 1 aromatic carbocycles. The molecule has 0 spiro atoms. The highest BCUT2D eigenvalue weighted by Gasteiger charge is 2.21. The molecule has 11 nitrogen and oxygen atoms in total. The van der Waals surface area contributed by atoms with Crippen LogP contribution in [0.1, 0.15) is 34.3 Å². The van der Waals surface area contributed by atoms with E-state index in [1.165, 1.54) is 0 Å². The molecule has 0 aliphatic carbocycles. The third-order valence-corrected chi connectivity index (χ3v) is 4.73. The molecule has 33 heavy (non-hydrogen) atoms. The van der Waals surface area contributed by atoms with Crippen LogP contribution in [0.3, 0.4) is 0 Å². The monoisotopic (exact) mass is 451 g/mol. The van der Waals surface area contributed by atoms with Crippen LogP contribution < -0.4 is 16.6 Å². The number of nitrogens with zero attached hydrogens (tertiary/aromatic N) is 2. The fraction of sp³-hybridized carbons (Fsp3) is 0.182. The van der Waals surface area contributed by atoms with Crippen LogP contribution in [0.25, 0.3) is 17.1 Å². The average Bonchev–Trinajstić information content (AvgIpc) is 2.77. The van der Waals surface area contributed by atoms with Crippen molar-refractivity contribution in [1.82, 2.24) is 20.3 Å². The number of carboxylic acids is 2. The van der Waals surface area contributed by atoms with Gasteiger partial charge < -0.3 is 21.3 Å². The van der Waals surface area contributed by atoms with Crippen molar-refractivity contribution in [1.29, 1.82) is 0 Å². The Hall–Kier alpha value is -4.54. The first-order chi connectivity index (χ1) is 15.7. The molecule has 0 fully saturated rings. The molecule has 1 amide bonds. The molecule has 170 valence electrons. The zero-order valence-electron chi connectivity index (χ0n) is 17.3. The number of carboxylic acid groups (broad SMARTS) is 2. The van der Waals surface area contributed by atoms with Gasteiger partial charge in [-0.3, -0.25) is 19.4 Å². The summed E-state index contributed by atoms with van der Waals surface area (Å²) >= 11 is 0. The minimum atomic E-state index is -1.30. The molecule has 2 heterocycles. The number of benzene rings is 1. The second-order valence-corrected chi connectivity index (χ2v) is 7.19. The van der Waals surface area contributed by atoms with Gasteiger partial charge in [-0.2, -0.15) is 4.98 Å². The normalized spacial score (nSPS) is 12.0. The van der Waals surface area contributed by atoms with Crippen LogP contribution in [0.5, 0.6) is 0 Å². The van der Waals surface area contributed by atoms with Crippen LogP contribution in [0.4, 0.5) is 5.95 Å². The van der Waals surface area contributed by atoms with Crippen molar-refractivity contribution in [3.63, 3.8) is 0 Å². The first kappa shape index (κ1) is 23.1. The van der Waals surface area contributed by atoms with Gasteiger partial charge in [-0.15, -0.1) is 0 Å².